The number of benzene rings is 2. The second-order valence-electron chi connectivity index (χ2n) is 6.41. The number of hydrogen-bond acceptors (Lipinski definition) is 5. The molecule has 0 aliphatic carbocycles. The molecule has 150 valence electrons. The maximum Gasteiger partial charge on any atom is 0.242 e. The molecular weight excluding hydrogens is 407 g/mol. The van der Waals surface area contributed by atoms with Crippen LogP contribution in [0.3, 0.4) is 0 Å². The Morgan fingerprint density at radius 3 is 2.54 bits per heavy atom. The van der Waals surface area contributed by atoms with Crippen molar-refractivity contribution < 1.29 is 26.0 Å². The highest BCUT2D eigenvalue weighted by Gasteiger charge is 2.36. The van der Waals surface area contributed by atoms with E-state index in [0.29, 0.717) is 15.4 Å². The molecule has 0 unspecified atom stereocenters. The van der Waals surface area contributed by atoms with Gasteiger partial charge in [-0.1, -0.05) is 24.3 Å². The van der Waals surface area contributed by atoms with E-state index >= 15 is 0 Å². The van der Waals surface area contributed by atoms with Gasteiger partial charge >= 0.3 is 0 Å². The Kier molecular flexibility index (Phi) is 5.55. The molecule has 3 rings (SSSR count). The monoisotopic (exact) mass is 426 g/mol. The molecular formula is C18H19FN2O5S2. The van der Waals surface area contributed by atoms with Gasteiger partial charge in [0.2, 0.25) is 26.0 Å². The van der Waals surface area contributed by atoms with Gasteiger partial charge in [-0.2, -0.15) is 0 Å². The molecule has 0 saturated carbocycles. The van der Waals surface area contributed by atoms with Crippen molar-refractivity contribution in [3.05, 3.63) is 59.4 Å². The van der Waals surface area contributed by atoms with Crippen molar-refractivity contribution in [1.82, 2.24) is 4.72 Å². The zero-order valence-electron chi connectivity index (χ0n) is 15.1. The van der Waals surface area contributed by atoms with Gasteiger partial charge in [0.25, 0.3) is 0 Å². The third-order valence-corrected chi connectivity index (χ3v) is 7.71. The van der Waals surface area contributed by atoms with Crippen LogP contribution < -0.4 is 9.03 Å². The normalized spacial score (nSPS) is 16.5. The predicted octanol–water partition coefficient (Wildman–Crippen LogP) is 1.72. The van der Waals surface area contributed by atoms with Gasteiger partial charge in [-0.05, 0) is 42.7 Å². The Morgan fingerprint density at radius 2 is 1.89 bits per heavy atom. The molecule has 1 heterocycles. The Bertz CT molecular complexity index is 1130. The minimum Gasteiger partial charge on any atom is -0.273 e. The van der Waals surface area contributed by atoms with E-state index in [-0.39, 0.29) is 35.7 Å². The summed E-state index contributed by atoms with van der Waals surface area (Å²) in [6, 6.07) is 10.1. The number of amides is 1. The Labute approximate surface area is 163 Å². The summed E-state index contributed by atoms with van der Waals surface area (Å²) in [7, 11) is -7.78. The summed E-state index contributed by atoms with van der Waals surface area (Å²) in [4.78, 5) is 11.8. The molecule has 28 heavy (non-hydrogen) atoms. The van der Waals surface area contributed by atoms with Crippen LogP contribution in [0.4, 0.5) is 10.1 Å². The third-order valence-electron chi connectivity index (χ3n) is 4.42. The number of nitrogens with one attached hydrogen (secondary N) is 1. The van der Waals surface area contributed by atoms with Crippen molar-refractivity contribution >= 4 is 31.6 Å². The second kappa shape index (κ2) is 7.61. The van der Waals surface area contributed by atoms with E-state index < -0.39 is 31.8 Å². The maximum atomic E-state index is 13.7. The predicted molar refractivity (Wildman–Crippen MR) is 102 cm³/mol. The van der Waals surface area contributed by atoms with Crippen molar-refractivity contribution in [2.24, 2.45) is 0 Å². The van der Waals surface area contributed by atoms with Crippen molar-refractivity contribution in [2.45, 2.75) is 24.7 Å². The number of nitrogens with zero attached hydrogens (tertiary/aromatic N) is 1. The van der Waals surface area contributed by atoms with E-state index in [0.717, 1.165) is 0 Å². The molecule has 2 aromatic carbocycles. The number of carbonyl (C=O) groups is 1. The topological polar surface area (TPSA) is 101 Å². The number of aryl methyl sites for hydroxylation is 1. The Hall–Kier alpha value is -2.30. The third kappa shape index (κ3) is 4.08. The fourth-order valence-electron chi connectivity index (χ4n) is 2.97. The van der Waals surface area contributed by atoms with Gasteiger partial charge in [0.15, 0.2) is 0 Å². The number of carbonyl (C=O) groups excluding carboxylic acids is 1. The molecule has 10 heteroatoms. The fraction of sp³-hybridized carbons (Fsp3) is 0.278. The van der Waals surface area contributed by atoms with Crippen LogP contribution in [0.15, 0.2) is 47.4 Å². The first-order chi connectivity index (χ1) is 13.1. The van der Waals surface area contributed by atoms with Gasteiger partial charge < -0.3 is 0 Å². The summed E-state index contributed by atoms with van der Waals surface area (Å²) in [5, 5.41) is 0. The zero-order valence-corrected chi connectivity index (χ0v) is 16.7. The van der Waals surface area contributed by atoms with Crippen molar-refractivity contribution in [2.75, 3.05) is 16.6 Å². The molecule has 1 amide bonds. The highest BCUT2D eigenvalue weighted by Crippen LogP contribution is 2.29. The molecule has 2 aromatic rings. The lowest BCUT2D eigenvalue weighted by molar-refractivity contribution is -0.116. The van der Waals surface area contributed by atoms with Crippen molar-refractivity contribution in [3.8, 4) is 0 Å². The lowest BCUT2D eigenvalue weighted by Crippen LogP contribution is -2.30. The molecule has 1 aliphatic rings. The Morgan fingerprint density at radius 1 is 1.18 bits per heavy atom. The molecule has 0 atom stereocenters. The SMILES string of the molecule is Cc1ccc(N2C(=O)CCS2(=O)=O)cc1S(=O)(=O)NCCc1ccccc1F. The number of halogens is 1. The summed E-state index contributed by atoms with van der Waals surface area (Å²) in [5.74, 6) is -1.32. The smallest absolute Gasteiger partial charge is 0.242 e. The van der Waals surface area contributed by atoms with Gasteiger partial charge in [-0.25, -0.2) is 30.3 Å². The van der Waals surface area contributed by atoms with Gasteiger partial charge in [0.05, 0.1) is 16.3 Å². The van der Waals surface area contributed by atoms with Gasteiger partial charge in [-0.15, -0.1) is 0 Å². The first-order valence-electron chi connectivity index (χ1n) is 8.51. The van der Waals surface area contributed by atoms with E-state index in [4.69, 9.17) is 0 Å². The van der Waals surface area contributed by atoms with Crippen LogP contribution >= 0.6 is 0 Å². The van der Waals surface area contributed by atoms with Crippen LogP contribution in [-0.2, 0) is 31.3 Å². The van der Waals surface area contributed by atoms with Crippen LogP contribution in [0.5, 0.6) is 0 Å². The first kappa shape index (κ1) is 20.4. The van der Waals surface area contributed by atoms with Gasteiger partial charge in [-0.3, -0.25) is 4.79 Å². The average Bonchev–Trinajstić information content (AvgIpc) is 2.90. The van der Waals surface area contributed by atoms with E-state index in [1.54, 1.807) is 25.1 Å². The molecule has 0 bridgehead atoms. The van der Waals surface area contributed by atoms with Crippen LogP contribution in [0.1, 0.15) is 17.5 Å². The van der Waals surface area contributed by atoms with E-state index in [2.05, 4.69) is 4.72 Å². The van der Waals surface area contributed by atoms with E-state index in [1.807, 2.05) is 0 Å². The standard InChI is InChI=1S/C18H19FN2O5S2/c1-13-6-7-15(21-18(22)9-11-27(21,23)24)12-17(13)28(25,26)20-10-8-14-4-2-3-5-16(14)19/h2-7,12,20H,8-11H2,1H3. The summed E-state index contributed by atoms with van der Waals surface area (Å²) in [6.45, 7) is 1.53. The van der Waals surface area contributed by atoms with Crippen molar-refractivity contribution in [3.63, 3.8) is 0 Å². The minimum atomic E-state index is -3.99. The van der Waals surface area contributed by atoms with E-state index in [1.165, 1.54) is 24.3 Å². The summed E-state index contributed by atoms with van der Waals surface area (Å²) in [5.41, 5.74) is 0.762. The number of sulfonamides is 2. The minimum absolute atomic E-state index is 0.0115. The summed E-state index contributed by atoms with van der Waals surface area (Å²) in [6.07, 6.45) is 0.0167. The van der Waals surface area contributed by atoms with Crippen molar-refractivity contribution in [1.29, 1.82) is 0 Å². The molecule has 0 aromatic heterocycles. The van der Waals surface area contributed by atoms with E-state index in [9.17, 15) is 26.0 Å². The number of rotatable bonds is 6. The summed E-state index contributed by atoms with van der Waals surface area (Å²) >= 11 is 0. The largest absolute Gasteiger partial charge is 0.273 e. The zero-order chi connectivity index (χ0) is 20.5. The average molecular weight is 426 g/mol. The molecule has 1 saturated heterocycles. The first-order valence-corrected chi connectivity index (χ1v) is 11.6. The van der Waals surface area contributed by atoms with Crippen LogP contribution in [-0.4, -0.2) is 35.0 Å². The van der Waals surface area contributed by atoms with Gasteiger partial charge in [0, 0.05) is 13.0 Å². The molecule has 0 spiro atoms. The van der Waals surface area contributed by atoms with Crippen LogP contribution in [0.25, 0.3) is 0 Å². The molecule has 1 aliphatic heterocycles. The molecule has 1 N–H and O–H groups in total. The second-order valence-corrected chi connectivity index (χ2v) is 10.1. The lowest BCUT2D eigenvalue weighted by Gasteiger charge is -2.17. The molecule has 7 nitrogen and oxygen atoms in total. The Balaban J connectivity index is 1.84. The molecule has 1 fully saturated rings. The summed E-state index contributed by atoms with van der Waals surface area (Å²) < 4.78 is 66.2. The molecule has 0 radical (unpaired) electrons. The number of anilines is 1. The van der Waals surface area contributed by atoms with Gasteiger partial charge in [0.1, 0.15) is 5.82 Å². The lowest BCUT2D eigenvalue weighted by atomic mass is 10.1. The maximum absolute atomic E-state index is 13.7. The highest BCUT2D eigenvalue weighted by atomic mass is 32.2. The van der Waals surface area contributed by atoms with Crippen LogP contribution in [0.2, 0.25) is 0 Å². The van der Waals surface area contributed by atoms with Crippen LogP contribution in [0, 0.1) is 12.7 Å². The quantitative estimate of drug-likeness (QED) is 0.758. The number of hydrogen-bond donors (Lipinski definition) is 1. The highest BCUT2D eigenvalue weighted by molar-refractivity contribution is 7.94. The fourth-order valence-corrected chi connectivity index (χ4v) is 5.72.